The van der Waals surface area contributed by atoms with Crippen molar-refractivity contribution in [3.8, 4) is 5.75 Å². The molecule has 2 amide bonds. The number of rotatable bonds is 5. The topological polar surface area (TPSA) is 79.4 Å². The van der Waals surface area contributed by atoms with E-state index in [1.807, 2.05) is 14.1 Å². The molecule has 0 atom stereocenters. The minimum absolute atomic E-state index is 0.0427. The van der Waals surface area contributed by atoms with Crippen LogP contribution in [-0.4, -0.2) is 36.7 Å². The van der Waals surface area contributed by atoms with E-state index in [0.29, 0.717) is 28.7 Å². The SMILES string of the molecule is Cc1nc(N(C)C)nc(C)c1NC(=O)Nc1cccc(OC(F)F)c1. The van der Waals surface area contributed by atoms with Crippen LogP contribution in [0.5, 0.6) is 5.75 Å². The highest BCUT2D eigenvalue weighted by molar-refractivity contribution is 6.00. The largest absolute Gasteiger partial charge is 0.435 e. The molecule has 0 aliphatic carbocycles. The average molecular weight is 351 g/mol. The zero-order valence-corrected chi connectivity index (χ0v) is 14.3. The van der Waals surface area contributed by atoms with Crippen molar-refractivity contribution in [2.75, 3.05) is 29.6 Å². The van der Waals surface area contributed by atoms with Crippen molar-refractivity contribution in [3.63, 3.8) is 0 Å². The third kappa shape index (κ3) is 5.00. The van der Waals surface area contributed by atoms with Crippen LogP contribution >= 0.6 is 0 Å². The summed E-state index contributed by atoms with van der Waals surface area (Å²) in [5.41, 5.74) is 2.03. The van der Waals surface area contributed by atoms with Crippen LogP contribution in [0, 0.1) is 13.8 Å². The Labute approximate surface area is 144 Å². The normalized spacial score (nSPS) is 10.5. The standard InChI is InChI=1S/C16H19F2N5O2/c1-9-13(10(2)20-15(19-9)23(3)4)22-16(24)21-11-6-5-7-12(8-11)25-14(17)18/h5-8,14H,1-4H3,(H2,21,22,24). The molecule has 1 aromatic carbocycles. The molecule has 0 spiro atoms. The molecular weight excluding hydrogens is 332 g/mol. The third-order valence-electron chi connectivity index (χ3n) is 3.21. The number of aromatic nitrogens is 2. The first kappa shape index (κ1) is 18.4. The van der Waals surface area contributed by atoms with Gasteiger partial charge in [-0.1, -0.05) is 6.07 Å². The molecule has 0 unspecified atom stereocenters. The van der Waals surface area contributed by atoms with E-state index in [2.05, 4.69) is 25.3 Å². The first-order valence-electron chi connectivity index (χ1n) is 7.41. The summed E-state index contributed by atoms with van der Waals surface area (Å²) < 4.78 is 28.8. The first-order chi connectivity index (χ1) is 11.8. The summed E-state index contributed by atoms with van der Waals surface area (Å²) in [6.45, 7) is 0.588. The minimum atomic E-state index is -2.93. The lowest BCUT2D eigenvalue weighted by atomic mass is 10.3. The maximum Gasteiger partial charge on any atom is 0.387 e. The van der Waals surface area contributed by atoms with Crippen molar-refractivity contribution in [3.05, 3.63) is 35.7 Å². The molecule has 2 aromatic rings. The summed E-state index contributed by atoms with van der Waals surface area (Å²) in [6, 6.07) is 5.19. The molecule has 25 heavy (non-hydrogen) atoms. The molecule has 0 radical (unpaired) electrons. The molecule has 2 rings (SSSR count). The van der Waals surface area contributed by atoms with Crippen molar-refractivity contribution < 1.29 is 18.3 Å². The van der Waals surface area contributed by atoms with E-state index < -0.39 is 12.6 Å². The number of alkyl halides is 2. The van der Waals surface area contributed by atoms with Gasteiger partial charge in [0.15, 0.2) is 0 Å². The van der Waals surface area contributed by atoms with Gasteiger partial charge in [-0.3, -0.25) is 0 Å². The van der Waals surface area contributed by atoms with Crippen LogP contribution in [0.4, 0.5) is 30.9 Å². The van der Waals surface area contributed by atoms with E-state index in [4.69, 9.17) is 0 Å². The molecule has 0 fully saturated rings. The number of benzene rings is 1. The molecule has 0 saturated heterocycles. The van der Waals surface area contributed by atoms with E-state index in [1.165, 1.54) is 18.2 Å². The highest BCUT2D eigenvalue weighted by Gasteiger charge is 2.13. The molecule has 0 aliphatic rings. The summed E-state index contributed by atoms with van der Waals surface area (Å²) in [4.78, 5) is 22.5. The second kappa shape index (κ2) is 7.73. The number of ether oxygens (including phenoxy) is 1. The van der Waals surface area contributed by atoms with Gasteiger partial charge >= 0.3 is 12.6 Å². The Morgan fingerprint density at radius 2 is 1.80 bits per heavy atom. The van der Waals surface area contributed by atoms with Crippen LogP contribution in [0.1, 0.15) is 11.4 Å². The molecule has 0 saturated carbocycles. The van der Waals surface area contributed by atoms with Gasteiger partial charge in [0.1, 0.15) is 5.75 Å². The number of amides is 2. The number of nitrogens with one attached hydrogen (secondary N) is 2. The van der Waals surface area contributed by atoms with Gasteiger partial charge in [0.2, 0.25) is 5.95 Å². The van der Waals surface area contributed by atoms with Crippen LogP contribution < -0.4 is 20.3 Å². The highest BCUT2D eigenvalue weighted by atomic mass is 19.3. The van der Waals surface area contributed by atoms with Crippen LogP contribution in [0.25, 0.3) is 0 Å². The Balaban J connectivity index is 2.10. The summed E-state index contributed by atoms with van der Waals surface area (Å²) in [5.74, 6) is 0.497. The Kier molecular flexibility index (Phi) is 5.68. The van der Waals surface area contributed by atoms with Gasteiger partial charge in [-0.2, -0.15) is 8.78 Å². The van der Waals surface area contributed by atoms with Crippen molar-refractivity contribution >= 4 is 23.4 Å². The second-order valence-corrected chi connectivity index (χ2v) is 5.45. The maximum absolute atomic E-state index is 12.2. The van der Waals surface area contributed by atoms with Crippen molar-refractivity contribution in [1.82, 2.24) is 9.97 Å². The maximum atomic E-state index is 12.2. The van der Waals surface area contributed by atoms with Gasteiger partial charge in [-0.25, -0.2) is 14.8 Å². The molecule has 0 aliphatic heterocycles. The molecule has 134 valence electrons. The summed E-state index contributed by atoms with van der Waals surface area (Å²) >= 11 is 0. The lowest BCUT2D eigenvalue weighted by Crippen LogP contribution is -2.22. The minimum Gasteiger partial charge on any atom is -0.435 e. The lowest BCUT2D eigenvalue weighted by Gasteiger charge is -2.16. The molecule has 9 heteroatoms. The molecule has 2 N–H and O–H groups in total. The predicted molar refractivity (Wildman–Crippen MR) is 91.5 cm³/mol. The fourth-order valence-corrected chi connectivity index (χ4v) is 2.11. The van der Waals surface area contributed by atoms with Gasteiger partial charge in [-0.05, 0) is 26.0 Å². The van der Waals surface area contributed by atoms with E-state index in [1.54, 1.807) is 24.8 Å². The van der Waals surface area contributed by atoms with E-state index in [-0.39, 0.29) is 5.75 Å². The third-order valence-corrected chi connectivity index (χ3v) is 3.21. The Hall–Kier alpha value is -2.97. The smallest absolute Gasteiger partial charge is 0.387 e. The first-order valence-corrected chi connectivity index (χ1v) is 7.41. The number of halogens is 2. The summed E-state index contributed by atoms with van der Waals surface area (Å²) in [5, 5.41) is 5.23. The summed E-state index contributed by atoms with van der Waals surface area (Å²) in [6.07, 6.45) is 0. The lowest BCUT2D eigenvalue weighted by molar-refractivity contribution is -0.0497. The number of nitrogens with zero attached hydrogens (tertiary/aromatic N) is 3. The van der Waals surface area contributed by atoms with Gasteiger partial charge < -0.3 is 20.3 Å². The molecule has 7 nitrogen and oxygen atoms in total. The average Bonchev–Trinajstić information content (AvgIpc) is 2.50. The van der Waals surface area contributed by atoms with Gasteiger partial charge in [-0.15, -0.1) is 0 Å². The number of carbonyl (C=O) groups excluding carboxylic acids is 1. The highest BCUT2D eigenvalue weighted by Crippen LogP contribution is 2.22. The molecule has 0 bridgehead atoms. The Morgan fingerprint density at radius 3 is 2.36 bits per heavy atom. The Morgan fingerprint density at radius 1 is 1.16 bits per heavy atom. The van der Waals surface area contributed by atoms with Gasteiger partial charge in [0, 0.05) is 25.8 Å². The fraction of sp³-hybridized carbons (Fsp3) is 0.312. The van der Waals surface area contributed by atoms with E-state index >= 15 is 0 Å². The van der Waals surface area contributed by atoms with Crippen LogP contribution in [0.2, 0.25) is 0 Å². The quantitative estimate of drug-likeness (QED) is 0.863. The second-order valence-electron chi connectivity index (χ2n) is 5.45. The molecule has 1 aromatic heterocycles. The Bertz CT molecular complexity index is 745. The van der Waals surface area contributed by atoms with Crippen molar-refractivity contribution in [1.29, 1.82) is 0 Å². The van der Waals surface area contributed by atoms with Crippen LogP contribution in [0.3, 0.4) is 0 Å². The number of anilines is 3. The number of hydrogen-bond donors (Lipinski definition) is 2. The van der Waals surface area contributed by atoms with E-state index in [9.17, 15) is 13.6 Å². The number of aryl methyl sites for hydroxylation is 2. The van der Waals surface area contributed by atoms with E-state index in [0.717, 1.165) is 0 Å². The van der Waals surface area contributed by atoms with Crippen LogP contribution in [0.15, 0.2) is 24.3 Å². The zero-order chi connectivity index (χ0) is 18.6. The molecule has 1 heterocycles. The zero-order valence-electron chi connectivity index (χ0n) is 14.3. The number of urea groups is 1. The van der Waals surface area contributed by atoms with Crippen molar-refractivity contribution in [2.45, 2.75) is 20.5 Å². The predicted octanol–water partition coefficient (Wildman–Crippen LogP) is 3.40. The number of carbonyl (C=O) groups is 1. The van der Waals surface area contributed by atoms with Crippen LogP contribution in [-0.2, 0) is 0 Å². The summed E-state index contributed by atoms with van der Waals surface area (Å²) in [7, 11) is 3.64. The molecular formula is C16H19F2N5O2. The monoisotopic (exact) mass is 351 g/mol. The van der Waals surface area contributed by atoms with Crippen molar-refractivity contribution in [2.24, 2.45) is 0 Å². The van der Waals surface area contributed by atoms with Gasteiger partial charge in [0.05, 0.1) is 17.1 Å². The fourth-order valence-electron chi connectivity index (χ4n) is 2.11. The van der Waals surface area contributed by atoms with Gasteiger partial charge in [0.25, 0.3) is 0 Å². The number of hydrogen-bond acceptors (Lipinski definition) is 5.